The summed E-state index contributed by atoms with van der Waals surface area (Å²) >= 11 is 0. The minimum absolute atomic E-state index is 0.0729. The summed E-state index contributed by atoms with van der Waals surface area (Å²) in [5, 5.41) is 0. The summed E-state index contributed by atoms with van der Waals surface area (Å²) in [6.07, 6.45) is 2.14. The van der Waals surface area contributed by atoms with E-state index < -0.39 is 0 Å². The Kier molecular flexibility index (Phi) is 5.49. The van der Waals surface area contributed by atoms with Crippen molar-refractivity contribution in [3.63, 3.8) is 0 Å². The Balaban J connectivity index is 1.52. The summed E-state index contributed by atoms with van der Waals surface area (Å²) in [6.45, 7) is 6.33. The molecule has 0 saturated carbocycles. The van der Waals surface area contributed by atoms with Gasteiger partial charge >= 0.3 is 0 Å². The minimum atomic E-state index is -0.193. The molecule has 0 aromatic heterocycles. The number of ether oxygens (including phenoxy) is 1. The molecule has 132 valence electrons. The zero-order valence-electron chi connectivity index (χ0n) is 14.8. The van der Waals surface area contributed by atoms with E-state index in [1.165, 1.54) is 12.1 Å². The van der Waals surface area contributed by atoms with Crippen LogP contribution in [0.5, 0.6) is 5.75 Å². The Labute approximate surface area is 148 Å². The maximum atomic E-state index is 13.0. The van der Waals surface area contributed by atoms with Gasteiger partial charge in [-0.1, -0.05) is 12.1 Å². The minimum Gasteiger partial charge on any atom is -0.490 e. The second-order valence-corrected chi connectivity index (χ2v) is 6.76. The molecule has 1 saturated heterocycles. The van der Waals surface area contributed by atoms with Gasteiger partial charge in [0, 0.05) is 25.2 Å². The fraction of sp³-hybridized carbons (Fsp3) is 0.381. The highest BCUT2D eigenvalue weighted by Gasteiger charge is 2.21. The highest BCUT2D eigenvalue weighted by molar-refractivity contribution is 5.94. The molecule has 0 aliphatic carbocycles. The van der Waals surface area contributed by atoms with Crippen LogP contribution in [-0.4, -0.2) is 29.9 Å². The number of Topliss-reactive ketones (excluding diaryl/α,β-unsaturated/α-hetero) is 1. The Bertz CT molecular complexity index is 734. The number of piperidine rings is 1. The summed E-state index contributed by atoms with van der Waals surface area (Å²) in [6, 6.07) is 12.3. The van der Waals surface area contributed by atoms with Crippen LogP contribution in [0.25, 0.3) is 0 Å². The molecule has 0 unspecified atom stereocenters. The van der Waals surface area contributed by atoms with Crippen LogP contribution in [0.2, 0.25) is 0 Å². The van der Waals surface area contributed by atoms with Crippen LogP contribution < -0.4 is 4.74 Å². The maximum Gasteiger partial charge on any atom is 0.159 e. The molecule has 4 heteroatoms. The van der Waals surface area contributed by atoms with Gasteiger partial charge in [0.05, 0.1) is 0 Å². The Hall–Kier alpha value is -2.20. The van der Waals surface area contributed by atoms with E-state index in [4.69, 9.17) is 4.74 Å². The summed E-state index contributed by atoms with van der Waals surface area (Å²) < 4.78 is 19.1. The van der Waals surface area contributed by atoms with Gasteiger partial charge in [-0.05, 0) is 68.1 Å². The highest BCUT2D eigenvalue weighted by Crippen LogP contribution is 2.24. The lowest BCUT2D eigenvalue weighted by molar-refractivity contribution is 0.0961. The number of aryl methyl sites for hydroxylation is 1. The molecule has 0 spiro atoms. The standard InChI is InChI=1S/C21H24FNO2/c1-15-13-18(16(2)24)5-8-21(15)25-20-9-11-23(12-10-20)14-17-3-6-19(22)7-4-17/h3-8,13,20H,9-12,14H2,1-2H3. The number of ketones is 1. The Morgan fingerprint density at radius 1 is 1.16 bits per heavy atom. The third-order valence-corrected chi connectivity index (χ3v) is 4.73. The van der Waals surface area contributed by atoms with Crippen molar-refractivity contribution < 1.29 is 13.9 Å². The number of likely N-dealkylation sites (tertiary alicyclic amines) is 1. The molecule has 1 heterocycles. The number of benzene rings is 2. The maximum absolute atomic E-state index is 13.0. The van der Waals surface area contributed by atoms with E-state index in [9.17, 15) is 9.18 Å². The monoisotopic (exact) mass is 341 g/mol. The van der Waals surface area contributed by atoms with Gasteiger partial charge in [0.1, 0.15) is 17.7 Å². The summed E-state index contributed by atoms with van der Waals surface area (Å²) in [5.74, 6) is 0.743. The molecule has 2 aromatic rings. The van der Waals surface area contributed by atoms with Crippen molar-refractivity contribution in [3.05, 3.63) is 65.0 Å². The van der Waals surface area contributed by atoms with Gasteiger partial charge in [-0.2, -0.15) is 0 Å². The van der Waals surface area contributed by atoms with Crippen LogP contribution in [0.4, 0.5) is 4.39 Å². The van der Waals surface area contributed by atoms with Gasteiger partial charge < -0.3 is 4.74 Å². The fourth-order valence-electron chi connectivity index (χ4n) is 3.21. The van der Waals surface area contributed by atoms with Gasteiger partial charge in [-0.3, -0.25) is 9.69 Å². The molecule has 1 fully saturated rings. The second kappa shape index (κ2) is 7.79. The van der Waals surface area contributed by atoms with E-state index >= 15 is 0 Å². The smallest absolute Gasteiger partial charge is 0.159 e. The highest BCUT2D eigenvalue weighted by atomic mass is 19.1. The molecule has 2 aromatic carbocycles. The molecule has 25 heavy (non-hydrogen) atoms. The Morgan fingerprint density at radius 3 is 2.44 bits per heavy atom. The van der Waals surface area contributed by atoms with Crippen molar-refractivity contribution in [3.8, 4) is 5.75 Å². The number of nitrogens with zero attached hydrogens (tertiary/aromatic N) is 1. The van der Waals surface area contributed by atoms with Crippen molar-refractivity contribution >= 4 is 5.78 Å². The normalized spacial score (nSPS) is 16.0. The molecule has 0 radical (unpaired) electrons. The van der Waals surface area contributed by atoms with Crippen LogP contribution in [0.1, 0.15) is 41.3 Å². The molecular formula is C21H24FNO2. The SMILES string of the molecule is CC(=O)c1ccc(OC2CCN(Cc3ccc(F)cc3)CC2)c(C)c1. The first-order valence-electron chi connectivity index (χ1n) is 8.76. The van der Waals surface area contributed by atoms with E-state index in [2.05, 4.69) is 4.90 Å². The lowest BCUT2D eigenvalue weighted by Crippen LogP contribution is -2.37. The largest absolute Gasteiger partial charge is 0.490 e. The average molecular weight is 341 g/mol. The van der Waals surface area contributed by atoms with Crippen molar-refractivity contribution in [2.45, 2.75) is 39.3 Å². The number of hydrogen-bond donors (Lipinski definition) is 0. The van der Waals surface area contributed by atoms with Gasteiger partial charge in [0.2, 0.25) is 0 Å². The molecule has 3 nitrogen and oxygen atoms in total. The van der Waals surface area contributed by atoms with Crippen LogP contribution in [-0.2, 0) is 6.54 Å². The summed E-state index contributed by atoms with van der Waals surface area (Å²) in [4.78, 5) is 13.8. The lowest BCUT2D eigenvalue weighted by Gasteiger charge is -2.32. The molecule has 0 atom stereocenters. The number of rotatable bonds is 5. The molecule has 1 aliphatic heterocycles. The molecule has 0 bridgehead atoms. The first-order chi connectivity index (χ1) is 12.0. The zero-order valence-corrected chi connectivity index (χ0v) is 14.8. The van der Waals surface area contributed by atoms with E-state index in [0.717, 1.165) is 54.9 Å². The summed E-state index contributed by atoms with van der Waals surface area (Å²) in [7, 11) is 0. The average Bonchev–Trinajstić information content (AvgIpc) is 2.60. The first kappa shape index (κ1) is 17.6. The molecule has 0 amide bonds. The van der Waals surface area contributed by atoms with Crippen LogP contribution in [0.15, 0.2) is 42.5 Å². The van der Waals surface area contributed by atoms with Crippen molar-refractivity contribution in [1.29, 1.82) is 0 Å². The predicted molar refractivity (Wildman–Crippen MR) is 96.5 cm³/mol. The van der Waals surface area contributed by atoms with E-state index in [1.807, 2.05) is 37.3 Å². The van der Waals surface area contributed by atoms with Crippen LogP contribution in [0, 0.1) is 12.7 Å². The quantitative estimate of drug-likeness (QED) is 0.756. The second-order valence-electron chi connectivity index (χ2n) is 6.76. The molecule has 3 rings (SSSR count). The fourth-order valence-corrected chi connectivity index (χ4v) is 3.21. The van der Waals surface area contributed by atoms with E-state index in [0.29, 0.717) is 0 Å². The number of hydrogen-bond acceptors (Lipinski definition) is 3. The van der Waals surface area contributed by atoms with Gasteiger partial charge in [-0.15, -0.1) is 0 Å². The number of halogens is 1. The molecule has 1 aliphatic rings. The number of carbonyl (C=O) groups excluding carboxylic acids is 1. The summed E-state index contributed by atoms with van der Waals surface area (Å²) in [5.41, 5.74) is 2.86. The first-order valence-corrected chi connectivity index (χ1v) is 8.76. The zero-order chi connectivity index (χ0) is 17.8. The topological polar surface area (TPSA) is 29.5 Å². The van der Waals surface area contributed by atoms with Crippen molar-refractivity contribution in [1.82, 2.24) is 4.90 Å². The molecule has 0 N–H and O–H groups in total. The van der Waals surface area contributed by atoms with E-state index in [1.54, 1.807) is 6.92 Å². The molecular weight excluding hydrogens is 317 g/mol. The third-order valence-electron chi connectivity index (χ3n) is 4.73. The van der Waals surface area contributed by atoms with Gasteiger partial charge in [-0.25, -0.2) is 4.39 Å². The number of carbonyl (C=O) groups is 1. The van der Waals surface area contributed by atoms with Gasteiger partial charge in [0.25, 0.3) is 0 Å². The van der Waals surface area contributed by atoms with Crippen LogP contribution >= 0.6 is 0 Å². The van der Waals surface area contributed by atoms with Gasteiger partial charge in [0.15, 0.2) is 5.78 Å². The Morgan fingerprint density at radius 2 is 1.84 bits per heavy atom. The van der Waals surface area contributed by atoms with Crippen LogP contribution in [0.3, 0.4) is 0 Å². The third kappa shape index (κ3) is 4.67. The van der Waals surface area contributed by atoms with Crippen molar-refractivity contribution in [2.75, 3.05) is 13.1 Å². The predicted octanol–water partition coefficient (Wildman–Crippen LogP) is 4.38. The lowest BCUT2D eigenvalue weighted by atomic mass is 10.1. The van der Waals surface area contributed by atoms with Crippen molar-refractivity contribution in [2.24, 2.45) is 0 Å². The van der Waals surface area contributed by atoms with E-state index in [-0.39, 0.29) is 17.7 Å².